The average Bonchev–Trinajstić information content (AvgIpc) is 2.78. The van der Waals surface area contributed by atoms with Crippen molar-refractivity contribution < 1.29 is 4.39 Å². The zero-order chi connectivity index (χ0) is 13.0. The van der Waals surface area contributed by atoms with Crippen LogP contribution in [-0.2, 0) is 6.54 Å². The molecule has 1 heterocycles. The van der Waals surface area contributed by atoms with E-state index in [1.165, 1.54) is 12.1 Å². The first-order valence-corrected chi connectivity index (χ1v) is 6.22. The molecule has 0 saturated carbocycles. The van der Waals surface area contributed by atoms with Crippen LogP contribution in [0, 0.1) is 12.7 Å². The third-order valence-corrected chi connectivity index (χ3v) is 2.81. The van der Waals surface area contributed by atoms with Gasteiger partial charge in [0.25, 0.3) is 0 Å². The van der Waals surface area contributed by atoms with Gasteiger partial charge in [0.05, 0.1) is 0 Å². The molecule has 2 N–H and O–H groups in total. The molecule has 18 heavy (non-hydrogen) atoms. The number of rotatable bonds is 5. The van der Waals surface area contributed by atoms with Gasteiger partial charge in [-0.05, 0) is 43.7 Å². The molecule has 4 heteroatoms. The molecule has 96 valence electrons. The van der Waals surface area contributed by atoms with E-state index in [0.717, 1.165) is 42.2 Å². The average molecular weight is 247 g/mol. The second kappa shape index (κ2) is 5.78. The number of aryl methyl sites for hydroxylation is 1. The summed E-state index contributed by atoms with van der Waals surface area (Å²) in [4.78, 5) is 7.59. The van der Waals surface area contributed by atoms with Crippen LogP contribution < -0.4 is 5.32 Å². The normalized spacial score (nSPS) is 10.8. The van der Waals surface area contributed by atoms with Crippen LogP contribution >= 0.6 is 0 Å². The van der Waals surface area contributed by atoms with Crippen LogP contribution in [0.2, 0.25) is 0 Å². The highest BCUT2D eigenvalue weighted by Crippen LogP contribution is 2.21. The molecule has 0 bridgehead atoms. The maximum atomic E-state index is 13.0. The van der Waals surface area contributed by atoms with Crippen LogP contribution in [0.5, 0.6) is 0 Å². The minimum atomic E-state index is -0.215. The van der Waals surface area contributed by atoms with Gasteiger partial charge in [-0.1, -0.05) is 6.92 Å². The minimum absolute atomic E-state index is 0.215. The second-order valence-electron chi connectivity index (χ2n) is 4.39. The van der Waals surface area contributed by atoms with Crippen molar-refractivity contribution in [3.8, 4) is 11.4 Å². The van der Waals surface area contributed by atoms with Gasteiger partial charge >= 0.3 is 0 Å². The third kappa shape index (κ3) is 2.96. The Hall–Kier alpha value is -1.68. The van der Waals surface area contributed by atoms with Crippen molar-refractivity contribution in [3.05, 3.63) is 41.5 Å². The van der Waals surface area contributed by atoms with Crippen LogP contribution in [0.1, 0.15) is 24.6 Å². The molecule has 1 aromatic carbocycles. The van der Waals surface area contributed by atoms with Crippen LogP contribution in [0.15, 0.2) is 24.4 Å². The van der Waals surface area contributed by atoms with Gasteiger partial charge in [0, 0.05) is 24.0 Å². The zero-order valence-electron chi connectivity index (χ0n) is 10.8. The summed E-state index contributed by atoms with van der Waals surface area (Å²) in [5.41, 5.74) is 2.87. The van der Waals surface area contributed by atoms with E-state index in [4.69, 9.17) is 0 Å². The van der Waals surface area contributed by atoms with Gasteiger partial charge in [-0.2, -0.15) is 0 Å². The van der Waals surface area contributed by atoms with Gasteiger partial charge in [-0.25, -0.2) is 9.37 Å². The van der Waals surface area contributed by atoms with Gasteiger partial charge in [0.1, 0.15) is 11.6 Å². The number of halogens is 1. The summed E-state index contributed by atoms with van der Waals surface area (Å²) in [6.07, 6.45) is 2.93. The highest BCUT2D eigenvalue weighted by molar-refractivity contribution is 5.60. The van der Waals surface area contributed by atoms with Crippen molar-refractivity contribution in [2.45, 2.75) is 26.8 Å². The first kappa shape index (κ1) is 12.8. The van der Waals surface area contributed by atoms with Crippen molar-refractivity contribution in [1.29, 1.82) is 0 Å². The van der Waals surface area contributed by atoms with Gasteiger partial charge in [0.15, 0.2) is 0 Å². The lowest BCUT2D eigenvalue weighted by Gasteiger charge is -2.03. The van der Waals surface area contributed by atoms with E-state index in [0.29, 0.717) is 0 Å². The van der Waals surface area contributed by atoms with Gasteiger partial charge in [-0.15, -0.1) is 0 Å². The highest BCUT2D eigenvalue weighted by Gasteiger charge is 2.07. The summed E-state index contributed by atoms with van der Waals surface area (Å²) in [6.45, 7) is 5.79. The lowest BCUT2D eigenvalue weighted by Crippen LogP contribution is -2.13. The molecule has 0 aliphatic rings. The molecule has 0 saturated heterocycles. The topological polar surface area (TPSA) is 40.7 Å². The maximum absolute atomic E-state index is 13.0. The number of nitrogens with one attached hydrogen (secondary N) is 2. The van der Waals surface area contributed by atoms with E-state index in [2.05, 4.69) is 22.2 Å². The summed E-state index contributed by atoms with van der Waals surface area (Å²) in [7, 11) is 0. The first-order chi connectivity index (χ1) is 8.70. The maximum Gasteiger partial charge on any atom is 0.137 e. The summed E-state index contributed by atoms with van der Waals surface area (Å²) >= 11 is 0. The smallest absolute Gasteiger partial charge is 0.137 e. The van der Waals surface area contributed by atoms with Gasteiger partial charge in [-0.3, -0.25) is 0 Å². The molecular weight excluding hydrogens is 229 g/mol. The number of aromatic nitrogens is 2. The third-order valence-electron chi connectivity index (χ3n) is 2.81. The number of H-pyrrole nitrogens is 1. The number of imidazole rings is 1. The Labute approximate surface area is 106 Å². The number of hydrogen-bond acceptors (Lipinski definition) is 2. The molecule has 2 rings (SSSR count). The van der Waals surface area contributed by atoms with Gasteiger partial charge in [0.2, 0.25) is 0 Å². The molecule has 0 atom stereocenters. The van der Waals surface area contributed by atoms with E-state index >= 15 is 0 Å². The quantitative estimate of drug-likeness (QED) is 0.797. The summed E-state index contributed by atoms with van der Waals surface area (Å²) in [5.74, 6) is 0.577. The molecule has 0 radical (unpaired) electrons. The first-order valence-electron chi connectivity index (χ1n) is 6.22. The molecule has 0 aliphatic carbocycles. The standard InChI is InChI=1S/C14H18FN3/c1-3-6-16-8-12-9-17-14(18-12)13-5-4-11(15)7-10(13)2/h4-5,7,9,16H,3,6,8H2,1-2H3,(H,17,18). The Morgan fingerprint density at radius 1 is 1.39 bits per heavy atom. The largest absolute Gasteiger partial charge is 0.341 e. The monoisotopic (exact) mass is 247 g/mol. The van der Waals surface area contributed by atoms with Crippen molar-refractivity contribution >= 4 is 0 Å². The van der Waals surface area contributed by atoms with Crippen LogP contribution in [0.3, 0.4) is 0 Å². The predicted octanol–water partition coefficient (Wildman–Crippen LogP) is 3.02. The van der Waals surface area contributed by atoms with Crippen molar-refractivity contribution in [2.24, 2.45) is 0 Å². The fourth-order valence-electron chi connectivity index (χ4n) is 1.88. The second-order valence-corrected chi connectivity index (χ2v) is 4.39. The van der Waals surface area contributed by atoms with Crippen molar-refractivity contribution in [2.75, 3.05) is 6.54 Å². The molecule has 2 aromatic rings. The molecule has 1 aromatic heterocycles. The number of nitrogens with zero attached hydrogens (tertiary/aromatic N) is 1. The van der Waals surface area contributed by atoms with E-state index in [9.17, 15) is 4.39 Å². The molecule has 0 spiro atoms. The van der Waals surface area contributed by atoms with Crippen LogP contribution in [0.25, 0.3) is 11.4 Å². The van der Waals surface area contributed by atoms with E-state index in [1.54, 1.807) is 6.07 Å². The predicted molar refractivity (Wildman–Crippen MR) is 70.7 cm³/mol. The fourth-order valence-corrected chi connectivity index (χ4v) is 1.88. The molecule has 3 nitrogen and oxygen atoms in total. The molecule has 0 aliphatic heterocycles. The lowest BCUT2D eigenvalue weighted by molar-refractivity contribution is 0.627. The number of hydrogen-bond donors (Lipinski definition) is 2. The Balaban J connectivity index is 2.13. The molecule has 0 fully saturated rings. The van der Waals surface area contributed by atoms with Crippen LogP contribution in [0.4, 0.5) is 4.39 Å². The van der Waals surface area contributed by atoms with Crippen LogP contribution in [-0.4, -0.2) is 16.5 Å². The molecular formula is C14H18FN3. The highest BCUT2D eigenvalue weighted by atomic mass is 19.1. The van der Waals surface area contributed by atoms with E-state index < -0.39 is 0 Å². The van der Waals surface area contributed by atoms with Crippen molar-refractivity contribution in [1.82, 2.24) is 15.3 Å². The molecule has 0 unspecified atom stereocenters. The Kier molecular flexibility index (Phi) is 4.10. The van der Waals surface area contributed by atoms with E-state index in [-0.39, 0.29) is 5.82 Å². The number of benzene rings is 1. The Morgan fingerprint density at radius 3 is 2.94 bits per heavy atom. The SMILES string of the molecule is CCCNCc1cnc(-c2ccc(F)cc2C)[nH]1. The number of aromatic amines is 1. The fraction of sp³-hybridized carbons (Fsp3) is 0.357. The molecule has 0 amide bonds. The van der Waals surface area contributed by atoms with E-state index in [1.807, 2.05) is 13.1 Å². The summed E-state index contributed by atoms with van der Waals surface area (Å²) in [6, 6.07) is 4.74. The summed E-state index contributed by atoms with van der Waals surface area (Å²) in [5, 5.41) is 3.31. The lowest BCUT2D eigenvalue weighted by atomic mass is 10.1. The van der Waals surface area contributed by atoms with Gasteiger partial charge < -0.3 is 10.3 Å². The Morgan fingerprint density at radius 2 is 2.22 bits per heavy atom. The Bertz CT molecular complexity index is 520. The van der Waals surface area contributed by atoms with Crippen molar-refractivity contribution in [3.63, 3.8) is 0 Å². The minimum Gasteiger partial charge on any atom is -0.341 e. The zero-order valence-corrected chi connectivity index (χ0v) is 10.8. The summed E-state index contributed by atoms with van der Waals surface area (Å²) < 4.78 is 13.0.